The molecule has 0 spiro atoms. The third-order valence-electron chi connectivity index (χ3n) is 5.32. The normalized spacial score (nSPS) is 17.6. The van der Waals surface area contributed by atoms with Gasteiger partial charge < -0.3 is 4.74 Å². The summed E-state index contributed by atoms with van der Waals surface area (Å²) in [4.78, 5) is 0. The van der Waals surface area contributed by atoms with E-state index < -0.39 is 0 Å². The number of rotatable bonds is 6. The van der Waals surface area contributed by atoms with Crippen molar-refractivity contribution >= 4 is 5.70 Å². The molecule has 0 aromatic heterocycles. The Kier molecular flexibility index (Phi) is 5.61. The first-order valence-electron chi connectivity index (χ1n) is 9.68. The molecule has 1 radical (unpaired) electrons. The van der Waals surface area contributed by atoms with Gasteiger partial charge in [-0.05, 0) is 54.5 Å². The van der Waals surface area contributed by atoms with Crippen LogP contribution in [-0.4, -0.2) is 11.6 Å². The van der Waals surface area contributed by atoms with Crippen molar-refractivity contribution in [2.45, 2.75) is 64.7 Å². The third-order valence-corrected chi connectivity index (χ3v) is 5.32. The number of benzene rings is 1. The van der Waals surface area contributed by atoms with Crippen LogP contribution in [0.2, 0.25) is 0 Å². The summed E-state index contributed by atoms with van der Waals surface area (Å²) in [6.45, 7) is 7.62. The van der Waals surface area contributed by atoms with Gasteiger partial charge in [0.1, 0.15) is 5.75 Å². The smallest absolute Gasteiger partial charge is 0.123 e. The van der Waals surface area contributed by atoms with Gasteiger partial charge in [-0.3, -0.25) is 5.43 Å². The molecule has 1 N–H and O–H groups in total. The number of aryl methyl sites for hydroxylation is 1. The minimum atomic E-state index is 0.117. The number of hydrazine groups is 1. The van der Waals surface area contributed by atoms with E-state index in [-0.39, 0.29) is 5.41 Å². The highest BCUT2D eigenvalue weighted by Gasteiger charge is 2.30. The minimum absolute atomic E-state index is 0.117. The molecule has 0 unspecified atom stereocenters. The van der Waals surface area contributed by atoms with Crippen molar-refractivity contribution in [2.75, 3.05) is 6.61 Å². The molecule has 2 aliphatic heterocycles. The average molecular weight is 349 g/mol. The van der Waals surface area contributed by atoms with Crippen LogP contribution in [0.15, 0.2) is 24.3 Å². The number of ether oxygens (including phenoxy) is 1. The van der Waals surface area contributed by atoms with Gasteiger partial charge in [0.05, 0.1) is 18.5 Å². The van der Waals surface area contributed by atoms with E-state index in [2.05, 4.69) is 50.6 Å². The number of nitrogens with zero attached hydrogens (tertiary/aromatic N) is 1. The van der Waals surface area contributed by atoms with Gasteiger partial charge in [-0.1, -0.05) is 46.5 Å². The second-order valence-electron chi connectivity index (χ2n) is 7.75. The third kappa shape index (κ3) is 3.90. The van der Waals surface area contributed by atoms with E-state index in [4.69, 9.17) is 11.2 Å². The molecule has 137 valence electrons. The standard InChI is InChI=1S/C23H29N2O/c1-5-7-8-9-11-18-16-22-20(23(3,4)13-15-26-22)17-19(18)21-12-10-14-25(6-2)24-21/h2,10,12,16-17,24H,5,7-9,11,13,15H2,1,3-4H3. The van der Waals surface area contributed by atoms with Crippen molar-refractivity contribution in [3.63, 3.8) is 0 Å². The van der Waals surface area contributed by atoms with Crippen molar-refractivity contribution in [1.82, 2.24) is 10.4 Å². The lowest BCUT2D eigenvalue weighted by atomic mass is 9.78. The van der Waals surface area contributed by atoms with E-state index in [1.54, 1.807) is 0 Å². The monoisotopic (exact) mass is 349 g/mol. The summed E-state index contributed by atoms with van der Waals surface area (Å²) in [5.74, 6) is 1.04. The second-order valence-corrected chi connectivity index (χ2v) is 7.75. The largest absolute Gasteiger partial charge is 0.493 e. The van der Waals surface area contributed by atoms with Crippen LogP contribution < -0.4 is 10.2 Å². The first-order chi connectivity index (χ1) is 12.5. The Hall–Kier alpha value is -2.34. The molecule has 26 heavy (non-hydrogen) atoms. The predicted octanol–water partition coefficient (Wildman–Crippen LogP) is 4.94. The number of hydrogen-bond donors (Lipinski definition) is 1. The zero-order chi connectivity index (χ0) is 18.6. The highest BCUT2D eigenvalue weighted by atomic mass is 16.5. The van der Waals surface area contributed by atoms with Gasteiger partial charge in [0.25, 0.3) is 0 Å². The molecule has 3 rings (SSSR count). The molecule has 0 fully saturated rings. The van der Waals surface area contributed by atoms with E-state index in [0.717, 1.165) is 30.9 Å². The van der Waals surface area contributed by atoms with Crippen LogP contribution in [0.25, 0.3) is 5.70 Å². The molecule has 1 aromatic carbocycles. The summed E-state index contributed by atoms with van der Waals surface area (Å²) in [7, 11) is 0. The zero-order valence-electron chi connectivity index (χ0n) is 16.2. The Morgan fingerprint density at radius 1 is 1.31 bits per heavy atom. The quantitative estimate of drug-likeness (QED) is 0.582. The number of terminal acetylenes is 1. The fraction of sp³-hybridized carbons (Fsp3) is 0.478. The Labute approximate surface area is 158 Å². The van der Waals surface area contributed by atoms with Gasteiger partial charge in [0.2, 0.25) is 0 Å². The number of unbranched alkanes of at least 4 members (excludes halogenated alkanes) is 3. The summed E-state index contributed by atoms with van der Waals surface area (Å²) in [5.41, 5.74) is 8.24. The topological polar surface area (TPSA) is 24.5 Å². The molecular formula is C23H29N2O. The number of fused-ring (bicyclic) bond motifs is 1. The van der Waals surface area contributed by atoms with Crippen molar-refractivity contribution < 1.29 is 4.74 Å². The summed E-state index contributed by atoms with van der Waals surface area (Å²) in [6, 6.07) is 7.13. The molecule has 1 aromatic rings. The molecule has 2 heterocycles. The Balaban J connectivity index is 1.98. The fourth-order valence-corrected chi connectivity index (χ4v) is 3.63. The van der Waals surface area contributed by atoms with Crippen LogP contribution in [0.3, 0.4) is 0 Å². The van der Waals surface area contributed by atoms with Crippen molar-refractivity contribution in [3.05, 3.63) is 47.2 Å². The van der Waals surface area contributed by atoms with Crippen LogP contribution in [0, 0.1) is 18.7 Å². The van der Waals surface area contributed by atoms with Crippen molar-refractivity contribution in [3.8, 4) is 18.2 Å². The summed E-state index contributed by atoms with van der Waals surface area (Å²) >= 11 is 0. The summed E-state index contributed by atoms with van der Waals surface area (Å²) in [5, 5.41) is 1.54. The molecular weight excluding hydrogens is 320 g/mol. The van der Waals surface area contributed by atoms with E-state index in [9.17, 15) is 0 Å². The van der Waals surface area contributed by atoms with Gasteiger partial charge in [-0.2, -0.15) is 0 Å². The van der Waals surface area contributed by atoms with Crippen LogP contribution in [0.1, 0.15) is 69.6 Å². The highest BCUT2D eigenvalue weighted by molar-refractivity contribution is 5.71. The van der Waals surface area contributed by atoms with Crippen LogP contribution >= 0.6 is 0 Å². The molecule has 3 nitrogen and oxygen atoms in total. The zero-order valence-corrected chi connectivity index (χ0v) is 16.2. The molecule has 2 aliphatic rings. The van der Waals surface area contributed by atoms with E-state index in [1.165, 1.54) is 47.4 Å². The maximum absolute atomic E-state index is 6.01. The molecule has 0 atom stereocenters. The van der Waals surface area contributed by atoms with E-state index in [1.807, 2.05) is 12.2 Å². The highest BCUT2D eigenvalue weighted by Crippen LogP contribution is 2.41. The van der Waals surface area contributed by atoms with Gasteiger partial charge in [0, 0.05) is 17.2 Å². The van der Waals surface area contributed by atoms with Gasteiger partial charge in [0.15, 0.2) is 0 Å². The predicted molar refractivity (Wildman–Crippen MR) is 107 cm³/mol. The van der Waals surface area contributed by atoms with Gasteiger partial charge in [-0.25, -0.2) is 5.01 Å². The van der Waals surface area contributed by atoms with Crippen molar-refractivity contribution in [2.24, 2.45) is 0 Å². The molecule has 0 saturated heterocycles. The summed E-state index contributed by atoms with van der Waals surface area (Å²) in [6.07, 6.45) is 19.5. The maximum Gasteiger partial charge on any atom is 0.123 e. The fourth-order valence-electron chi connectivity index (χ4n) is 3.63. The summed E-state index contributed by atoms with van der Waals surface area (Å²) < 4.78 is 6.01. The lowest BCUT2D eigenvalue weighted by Gasteiger charge is -2.34. The van der Waals surface area contributed by atoms with Gasteiger partial charge >= 0.3 is 0 Å². The molecule has 0 aliphatic carbocycles. The number of allylic oxidation sites excluding steroid dienone is 2. The number of nitrogens with one attached hydrogen (secondary N) is 1. The van der Waals surface area contributed by atoms with E-state index in [0.29, 0.717) is 0 Å². The Morgan fingerprint density at radius 3 is 2.92 bits per heavy atom. The van der Waals surface area contributed by atoms with E-state index >= 15 is 0 Å². The molecule has 0 amide bonds. The Bertz CT molecular complexity index is 752. The SMILES string of the molecule is C#CN1[C]=CC=C(c2cc3c(cc2CCCCCC)OCCC3(C)C)N1. The first kappa shape index (κ1) is 18.5. The average Bonchev–Trinajstić information content (AvgIpc) is 2.64. The minimum Gasteiger partial charge on any atom is -0.493 e. The van der Waals surface area contributed by atoms with Crippen LogP contribution in [-0.2, 0) is 11.8 Å². The molecule has 0 bridgehead atoms. The van der Waals surface area contributed by atoms with Crippen molar-refractivity contribution in [1.29, 1.82) is 0 Å². The molecule has 3 heteroatoms. The Morgan fingerprint density at radius 2 is 2.15 bits per heavy atom. The second kappa shape index (κ2) is 7.91. The van der Waals surface area contributed by atoms with Crippen LogP contribution in [0.5, 0.6) is 5.75 Å². The lowest BCUT2D eigenvalue weighted by Crippen LogP contribution is -2.31. The maximum atomic E-state index is 6.01. The first-order valence-corrected chi connectivity index (χ1v) is 9.68. The van der Waals surface area contributed by atoms with Crippen LogP contribution in [0.4, 0.5) is 0 Å². The number of hydrogen-bond acceptors (Lipinski definition) is 3. The lowest BCUT2D eigenvalue weighted by molar-refractivity contribution is 0.233. The van der Waals surface area contributed by atoms with Gasteiger partial charge in [-0.15, -0.1) is 0 Å². The molecule has 0 saturated carbocycles.